The number of hydrogen-bond donors (Lipinski definition) is 1. The van der Waals surface area contributed by atoms with Gasteiger partial charge in [0.2, 0.25) is 0 Å². The predicted molar refractivity (Wildman–Crippen MR) is 75.7 cm³/mol. The molecular weight excluding hydrogens is 239 g/mol. The highest BCUT2D eigenvalue weighted by Gasteiger charge is 2.17. The van der Waals surface area contributed by atoms with Crippen LogP contribution in [0.1, 0.15) is 24.5 Å². The fraction of sp³-hybridized carbons (Fsp3) is 0.188. The molecule has 0 saturated heterocycles. The summed E-state index contributed by atoms with van der Waals surface area (Å²) in [5.74, 6) is -0.158. The molecule has 3 rings (SSSR count). The SMILES string of the molecule is C/C(N)=C1/CCc2cc(F)ccc21.c1ccncc1. The van der Waals surface area contributed by atoms with Gasteiger partial charge in [0.15, 0.2) is 0 Å². The minimum absolute atomic E-state index is 0.158. The third-order valence-electron chi connectivity index (χ3n) is 3.08. The van der Waals surface area contributed by atoms with E-state index >= 15 is 0 Å². The third kappa shape index (κ3) is 3.41. The monoisotopic (exact) mass is 256 g/mol. The van der Waals surface area contributed by atoms with Crippen LogP contribution in [0.25, 0.3) is 5.57 Å². The summed E-state index contributed by atoms with van der Waals surface area (Å²) in [6, 6.07) is 10.6. The Hall–Kier alpha value is -2.16. The van der Waals surface area contributed by atoms with E-state index in [2.05, 4.69) is 4.98 Å². The van der Waals surface area contributed by atoms with Crippen LogP contribution < -0.4 is 5.73 Å². The molecule has 0 bridgehead atoms. The van der Waals surface area contributed by atoms with Gasteiger partial charge in [0.25, 0.3) is 0 Å². The quantitative estimate of drug-likeness (QED) is 0.783. The van der Waals surface area contributed by atoms with Crippen molar-refractivity contribution in [3.05, 3.63) is 71.4 Å². The largest absolute Gasteiger partial charge is 0.402 e. The van der Waals surface area contributed by atoms with Crippen LogP contribution in [0.2, 0.25) is 0 Å². The number of aromatic nitrogens is 1. The van der Waals surface area contributed by atoms with Crippen molar-refractivity contribution in [2.24, 2.45) is 5.73 Å². The van der Waals surface area contributed by atoms with Crippen molar-refractivity contribution < 1.29 is 4.39 Å². The molecule has 1 aliphatic carbocycles. The smallest absolute Gasteiger partial charge is 0.123 e. The number of rotatable bonds is 0. The van der Waals surface area contributed by atoms with Gasteiger partial charge < -0.3 is 5.73 Å². The van der Waals surface area contributed by atoms with Gasteiger partial charge in [-0.15, -0.1) is 0 Å². The Morgan fingerprint density at radius 3 is 2.42 bits per heavy atom. The second kappa shape index (κ2) is 6.14. The van der Waals surface area contributed by atoms with E-state index in [4.69, 9.17) is 5.73 Å². The first kappa shape index (κ1) is 13.3. The molecule has 1 heterocycles. The predicted octanol–water partition coefficient (Wildman–Crippen LogP) is 3.54. The van der Waals surface area contributed by atoms with Crippen molar-refractivity contribution in [1.29, 1.82) is 0 Å². The molecule has 0 unspecified atom stereocenters. The van der Waals surface area contributed by atoms with Crippen LogP contribution in [0, 0.1) is 5.82 Å². The highest BCUT2D eigenvalue weighted by Crippen LogP contribution is 2.33. The summed E-state index contributed by atoms with van der Waals surface area (Å²) >= 11 is 0. The molecule has 0 saturated carbocycles. The van der Waals surface area contributed by atoms with E-state index in [1.165, 1.54) is 11.6 Å². The lowest BCUT2D eigenvalue weighted by Crippen LogP contribution is -1.95. The van der Waals surface area contributed by atoms with E-state index in [0.717, 1.165) is 29.7 Å². The standard InChI is InChI=1S/C11H12FN.C5H5N/c1-7(13)10-4-2-8-6-9(12)3-5-11(8)10;1-2-4-6-5-3-1/h3,5-6H,2,4,13H2,1H3;1-5H/b10-7+;. The molecule has 0 spiro atoms. The van der Waals surface area contributed by atoms with Crippen molar-refractivity contribution in [2.45, 2.75) is 19.8 Å². The molecule has 0 aliphatic heterocycles. The van der Waals surface area contributed by atoms with Gasteiger partial charge >= 0.3 is 0 Å². The molecule has 1 aromatic heterocycles. The number of fused-ring (bicyclic) bond motifs is 1. The maximum atomic E-state index is 12.8. The van der Waals surface area contributed by atoms with Crippen LogP contribution in [0.5, 0.6) is 0 Å². The van der Waals surface area contributed by atoms with Gasteiger partial charge in [0.05, 0.1) is 0 Å². The van der Waals surface area contributed by atoms with Gasteiger partial charge in [-0.3, -0.25) is 4.98 Å². The van der Waals surface area contributed by atoms with Gasteiger partial charge in [-0.1, -0.05) is 12.1 Å². The zero-order valence-electron chi connectivity index (χ0n) is 10.9. The molecule has 2 aromatic rings. The number of allylic oxidation sites excluding steroid dienone is 2. The Labute approximate surface area is 112 Å². The van der Waals surface area contributed by atoms with Gasteiger partial charge in [-0.05, 0) is 60.7 Å². The number of benzene rings is 1. The van der Waals surface area contributed by atoms with Crippen molar-refractivity contribution in [2.75, 3.05) is 0 Å². The summed E-state index contributed by atoms with van der Waals surface area (Å²) in [6.07, 6.45) is 5.36. The molecule has 1 aliphatic rings. The molecule has 3 heteroatoms. The van der Waals surface area contributed by atoms with Crippen LogP contribution in [0.15, 0.2) is 54.5 Å². The third-order valence-corrected chi connectivity index (χ3v) is 3.08. The van der Waals surface area contributed by atoms with E-state index in [1.54, 1.807) is 18.5 Å². The van der Waals surface area contributed by atoms with E-state index in [-0.39, 0.29) is 5.82 Å². The number of nitrogens with zero attached hydrogens (tertiary/aromatic N) is 1. The van der Waals surface area contributed by atoms with Crippen molar-refractivity contribution in [1.82, 2.24) is 4.98 Å². The molecule has 98 valence electrons. The number of nitrogens with two attached hydrogens (primary N) is 1. The van der Waals surface area contributed by atoms with Gasteiger partial charge in [-0.25, -0.2) is 4.39 Å². The molecular formula is C16H17FN2. The normalized spacial score (nSPS) is 15.3. The van der Waals surface area contributed by atoms with Crippen LogP contribution in [0.3, 0.4) is 0 Å². The number of aryl methyl sites for hydroxylation is 1. The molecule has 19 heavy (non-hydrogen) atoms. The number of pyridine rings is 1. The maximum absolute atomic E-state index is 12.8. The average molecular weight is 256 g/mol. The highest BCUT2D eigenvalue weighted by molar-refractivity contribution is 5.74. The molecule has 0 radical (unpaired) electrons. The minimum Gasteiger partial charge on any atom is -0.402 e. The number of halogens is 1. The summed E-state index contributed by atoms with van der Waals surface area (Å²) < 4.78 is 12.8. The summed E-state index contributed by atoms with van der Waals surface area (Å²) in [5.41, 5.74) is 9.97. The Kier molecular flexibility index (Phi) is 4.29. The number of hydrogen-bond acceptors (Lipinski definition) is 2. The molecule has 0 fully saturated rings. The fourth-order valence-corrected chi connectivity index (χ4v) is 2.18. The first-order chi connectivity index (χ1) is 9.18. The summed E-state index contributed by atoms with van der Waals surface area (Å²) in [4.78, 5) is 3.78. The Bertz CT molecular complexity index is 546. The van der Waals surface area contributed by atoms with Gasteiger partial charge in [0.1, 0.15) is 5.82 Å². The Morgan fingerprint density at radius 1 is 1.16 bits per heavy atom. The molecule has 0 atom stereocenters. The summed E-state index contributed by atoms with van der Waals surface area (Å²) in [7, 11) is 0. The van der Waals surface area contributed by atoms with Crippen LogP contribution in [-0.4, -0.2) is 4.98 Å². The van der Waals surface area contributed by atoms with E-state index in [9.17, 15) is 4.39 Å². The Morgan fingerprint density at radius 2 is 1.89 bits per heavy atom. The summed E-state index contributed by atoms with van der Waals surface area (Å²) in [6.45, 7) is 1.90. The Balaban J connectivity index is 0.000000186. The van der Waals surface area contributed by atoms with Gasteiger partial charge in [-0.2, -0.15) is 0 Å². The topological polar surface area (TPSA) is 38.9 Å². The zero-order valence-corrected chi connectivity index (χ0v) is 10.9. The fourth-order valence-electron chi connectivity index (χ4n) is 2.18. The van der Waals surface area contributed by atoms with Gasteiger partial charge in [0, 0.05) is 18.1 Å². The molecule has 0 amide bonds. The van der Waals surface area contributed by atoms with Crippen LogP contribution >= 0.6 is 0 Å². The zero-order chi connectivity index (χ0) is 13.7. The maximum Gasteiger partial charge on any atom is 0.123 e. The first-order valence-electron chi connectivity index (χ1n) is 6.27. The first-order valence-corrected chi connectivity index (χ1v) is 6.27. The lowest BCUT2D eigenvalue weighted by Gasteiger charge is -2.02. The minimum atomic E-state index is -0.158. The van der Waals surface area contributed by atoms with E-state index in [0.29, 0.717) is 0 Å². The average Bonchev–Trinajstić information content (AvgIpc) is 2.84. The summed E-state index contributed by atoms with van der Waals surface area (Å²) in [5, 5.41) is 0. The molecule has 2 nitrogen and oxygen atoms in total. The van der Waals surface area contributed by atoms with E-state index < -0.39 is 0 Å². The lowest BCUT2D eigenvalue weighted by molar-refractivity contribution is 0.626. The lowest BCUT2D eigenvalue weighted by atomic mass is 10.1. The second-order valence-electron chi connectivity index (χ2n) is 4.49. The van der Waals surface area contributed by atoms with E-state index in [1.807, 2.05) is 31.2 Å². The van der Waals surface area contributed by atoms with Crippen molar-refractivity contribution in [3.8, 4) is 0 Å². The van der Waals surface area contributed by atoms with Crippen LogP contribution in [-0.2, 0) is 6.42 Å². The van der Waals surface area contributed by atoms with Crippen molar-refractivity contribution in [3.63, 3.8) is 0 Å². The van der Waals surface area contributed by atoms with Crippen molar-refractivity contribution >= 4 is 5.57 Å². The highest BCUT2D eigenvalue weighted by atomic mass is 19.1. The second-order valence-corrected chi connectivity index (χ2v) is 4.49. The molecule has 2 N–H and O–H groups in total. The van der Waals surface area contributed by atoms with Crippen LogP contribution in [0.4, 0.5) is 4.39 Å². The molecule has 1 aromatic carbocycles.